The van der Waals surface area contributed by atoms with E-state index in [1.807, 2.05) is 13.8 Å². The fraction of sp³-hybridized carbons (Fsp3) is 0.250. The third kappa shape index (κ3) is 170. The Bertz CT molecular complexity index is 55.6. The minimum atomic E-state index is 1.44. The van der Waals surface area contributed by atoms with Crippen molar-refractivity contribution in [3.63, 3.8) is 0 Å². The van der Waals surface area contributed by atoms with Crippen LogP contribution in [0.2, 0.25) is 0 Å². The zero-order valence-electron chi connectivity index (χ0n) is 6.43. The van der Waals surface area contributed by atoms with Crippen LogP contribution in [-0.4, -0.2) is 0 Å². The maximum absolute atomic E-state index is 4.89. The highest BCUT2D eigenvalue weighted by molar-refractivity contribution is 4.93. The molecule has 1 nitrogen and oxygen atoms in total. The summed E-state index contributed by atoms with van der Waals surface area (Å²) in [5.41, 5.74) is 4.89. The van der Waals surface area contributed by atoms with Crippen molar-refractivity contribution < 1.29 is 0 Å². The lowest BCUT2D eigenvalue weighted by Crippen LogP contribution is -1.71. The van der Waals surface area contributed by atoms with Gasteiger partial charge in [-0.1, -0.05) is 26.5 Å². The fourth-order valence-corrected chi connectivity index (χ4v) is 0.0786. The molecule has 0 unspecified atom stereocenters. The summed E-state index contributed by atoms with van der Waals surface area (Å²) in [5.74, 6) is 0. The van der Waals surface area contributed by atoms with Gasteiger partial charge in [0.05, 0.1) is 0 Å². The Morgan fingerprint density at radius 1 is 1.22 bits per heavy atom. The van der Waals surface area contributed by atoms with Crippen LogP contribution in [0.3, 0.4) is 0 Å². The second-order valence-electron chi connectivity index (χ2n) is 0.621. The first-order valence-electron chi connectivity index (χ1n) is 2.91. The molecule has 0 rings (SSSR count). The monoisotopic (exact) mass is 127 g/mol. The van der Waals surface area contributed by atoms with Gasteiger partial charge >= 0.3 is 0 Å². The summed E-state index contributed by atoms with van der Waals surface area (Å²) in [5, 5.41) is 0. The van der Waals surface area contributed by atoms with Crippen LogP contribution in [0.5, 0.6) is 0 Å². The minimum Gasteiger partial charge on any atom is -0.405 e. The van der Waals surface area contributed by atoms with E-state index >= 15 is 0 Å². The van der Waals surface area contributed by atoms with Gasteiger partial charge in [0.15, 0.2) is 0 Å². The second-order valence-corrected chi connectivity index (χ2v) is 0.621. The standard InChI is InChI=1S/C4H7N.C2H6.C2H4/c1-2-3-4-5;2*1-2/h2-4H,1,5H2;1-2H3;1-2H2/b4-3-;;. The average Bonchev–Trinajstić information content (AvgIpc) is 1.98. The van der Waals surface area contributed by atoms with Crippen molar-refractivity contribution in [1.29, 1.82) is 0 Å². The molecule has 0 amide bonds. The molecule has 0 aliphatic heterocycles. The molecule has 0 saturated carbocycles. The summed E-state index contributed by atoms with van der Waals surface area (Å²) in [6, 6.07) is 0. The molecular weight excluding hydrogens is 110 g/mol. The summed E-state index contributed by atoms with van der Waals surface area (Å²) in [6.45, 7) is 13.4. The molecule has 0 atom stereocenters. The molecule has 9 heavy (non-hydrogen) atoms. The summed E-state index contributed by atoms with van der Waals surface area (Å²) in [4.78, 5) is 0. The van der Waals surface area contributed by atoms with Gasteiger partial charge in [-0.05, 0) is 12.3 Å². The van der Waals surface area contributed by atoms with Crippen LogP contribution in [0, 0.1) is 0 Å². The maximum atomic E-state index is 4.89. The average molecular weight is 127 g/mol. The van der Waals surface area contributed by atoms with Gasteiger partial charge in [-0.2, -0.15) is 0 Å². The molecule has 0 bridgehead atoms. The van der Waals surface area contributed by atoms with Crippen LogP contribution in [0.1, 0.15) is 13.8 Å². The van der Waals surface area contributed by atoms with E-state index in [0.717, 1.165) is 0 Å². The molecule has 0 fully saturated rings. The molecule has 1 heteroatoms. The van der Waals surface area contributed by atoms with Crippen molar-refractivity contribution >= 4 is 0 Å². The van der Waals surface area contributed by atoms with Crippen molar-refractivity contribution in [1.82, 2.24) is 0 Å². The number of nitrogens with two attached hydrogens (primary N) is 1. The second kappa shape index (κ2) is 62.3. The maximum Gasteiger partial charge on any atom is -0.00626 e. The summed E-state index contributed by atoms with van der Waals surface area (Å²) in [6.07, 6.45) is 4.73. The Morgan fingerprint density at radius 2 is 1.56 bits per heavy atom. The molecule has 0 saturated heterocycles. The number of rotatable bonds is 1. The quantitative estimate of drug-likeness (QED) is 0.425. The lowest BCUT2D eigenvalue weighted by atomic mass is 10.6. The molecule has 0 aromatic heterocycles. The minimum absolute atomic E-state index is 1.44. The van der Waals surface area contributed by atoms with Crippen LogP contribution >= 0.6 is 0 Å². The summed E-state index contributed by atoms with van der Waals surface area (Å²) in [7, 11) is 0. The largest absolute Gasteiger partial charge is 0.405 e. The Kier molecular flexibility index (Phi) is 109. The SMILES string of the molecule is C=C.C=C/C=C\N.CC. The predicted molar refractivity (Wildman–Crippen MR) is 46.1 cm³/mol. The molecule has 0 aromatic carbocycles. The van der Waals surface area contributed by atoms with Crippen LogP contribution in [0.15, 0.2) is 38.1 Å². The van der Waals surface area contributed by atoms with E-state index < -0.39 is 0 Å². The zero-order chi connectivity index (χ0) is 8.12. The first-order chi connectivity index (χ1) is 4.41. The fourth-order valence-electron chi connectivity index (χ4n) is 0.0786. The first kappa shape index (κ1) is 15.7. The van der Waals surface area contributed by atoms with Gasteiger partial charge in [0.1, 0.15) is 0 Å². The first-order valence-corrected chi connectivity index (χ1v) is 2.91. The molecule has 0 spiro atoms. The van der Waals surface area contributed by atoms with E-state index in [4.69, 9.17) is 5.73 Å². The normalized spacial score (nSPS) is 6.00. The van der Waals surface area contributed by atoms with Crippen LogP contribution in [-0.2, 0) is 0 Å². The highest BCUT2D eigenvalue weighted by Gasteiger charge is 1.41. The predicted octanol–water partition coefficient (Wildman–Crippen LogP) is 2.47. The topological polar surface area (TPSA) is 26.0 Å². The molecule has 54 valence electrons. The molecule has 0 aliphatic rings. The van der Waals surface area contributed by atoms with Gasteiger partial charge in [-0.3, -0.25) is 0 Å². The van der Waals surface area contributed by atoms with E-state index in [-0.39, 0.29) is 0 Å². The van der Waals surface area contributed by atoms with Gasteiger partial charge in [0.2, 0.25) is 0 Å². The van der Waals surface area contributed by atoms with Gasteiger partial charge < -0.3 is 5.73 Å². The van der Waals surface area contributed by atoms with Crippen molar-refractivity contribution in [2.45, 2.75) is 13.8 Å². The van der Waals surface area contributed by atoms with E-state index in [1.54, 1.807) is 12.2 Å². The smallest absolute Gasteiger partial charge is 0.00626 e. The van der Waals surface area contributed by atoms with E-state index in [0.29, 0.717) is 0 Å². The van der Waals surface area contributed by atoms with Crippen molar-refractivity contribution in [3.05, 3.63) is 38.1 Å². The number of hydrogen-bond acceptors (Lipinski definition) is 1. The molecular formula is C8H17N. The Morgan fingerprint density at radius 3 is 1.56 bits per heavy atom. The van der Waals surface area contributed by atoms with E-state index in [2.05, 4.69) is 19.7 Å². The Balaban J connectivity index is -0.0000000771. The van der Waals surface area contributed by atoms with Crippen LogP contribution < -0.4 is 5.73 Å². The summed E-state index contributed by atoms with van der Waals surface area (Å²) >= 11 is 0. The zero-order valence-corrected chi connectivity index (χ0v) is 6.43. The van der Waals surface area contributed by atoms with Crippen LogP contribution in [0.4, 0.5) is 0 Å². The van der Waals surface area contributed by atoms with E-state index in [9.17, 15) is 0 Å². The van der Waals surface area contributed by atoms with Gasteiger partial charge in [-0.15, -0.1) is 13.2 Å². The van der Waals surface area contributed by atoms with Crippen LogP contribution in [0.25, 0.3) is 0 Å². The molecule has 0 radical (unpaired) electrons. The lowest BCUT2D eigenvalue weighted by molar-refractivity contribution is 1.50. The van der Waals surface area contributed by atoms with Gasteiger partial charge in [0.25, 0.3) is 0 Å². The van der Waals surface area contributed by atoms with Crippen molar-refractivity contribution in [3.8, 4) is 0 Å². The lowest BCUT2D eigenvalue weighted by Gasteiger charge is -1.58. The summed E-state index contributed by atoms with van der Waals surface area (Å²) < 4.78 is 0. The number of hydrogen-bond donors (Lipinski definition) is 1. The molecule has 0 aliphatic carbocycles. The molecule has 2 N–H and O–H groups in total. The van der Waals surface area contributed by atoms with E-state index in [1.165, 1.54) is 6.20 Å². The molecule has 0 aromatic rings. The Labute approximate surface area is 58.6 Å². The van der Waals surface area contributed by atoms with Gasteiger partial charge in [-0.25, -0.2) is 0 Å². The van der Waals surface area contributed by atoms with Crippen molar-refractivity contribution in [2.24, 2.45) is 5.73 Å². The third-order valence-corrected chi connectivity index (χ3v) is 0.247. The Hall–Kier alpha value is -0.980. The van der Waals surface area contributed by atoms with Crippen molar-refractivity contribution in [2.75, 3.05) is 0 Å². The highest BCUT2D eigenvalue weighted by Crippen LogP contribution is 1.58. The number of allylic oxidation sites excluding steroid dienone is 2. The molecule has 0 heterocycles. The third-order valence-electron chi connectivity index (χ3n) is 0.247. The van der Waals surface area contributed by atoms with Gasteiger partial charge in [0, 0.05) is 0 Å². The highest BCUT2D eigenvalue weighted by atomic mass is 14.5.